The fourth-order valence-electron chi connectivity index (χ4n) is 3.51. The van der Waals surface area contributed by atoms with Crippen molar-refractivity contribution in [2.24, 2.45) is 5.92 Å². The lowest BCUT2D eigenvalue weighted by Crippen LogP contribution is -2.33. The van der Waals surface area contributed by atoms with E-state index in [1.165, 1.54) is 24.8 Å². The minimum atomic E-state index is -0.236. The lowest BCUT2D eigenvalue weighted by molar-refractivity contribution is -0.129. The SMILES string of the molecule is O=C(NCc1ccc(Cl)cc1)C1CC(=O)N(CCC2=CCCCC2)C1. The van der Waals surface area contributed by atoms with Crippen molar-refractivity contribution in [3.05, 3.63) is 46.5 Å². The van der Waals surface area contributed by atoms with Crippen LogP contribution in [0.1, 0.15) is 44.1 Å². The van der Waals surface area contributed by atoms with Gasteiger partial charge in [-0.25, -0.2) is 0 Å². The largest absolute Gasteiger partial charge is 0.352 e. The molecule has 1 heterocycles. The Morgan fingerprint density at radius 3 is 2.76 bits per heavy atom. The molecule has 1 saturated heterocycles. The summed E-state index contributed by atoms with van der Waals surface area (Å²) in [5.74, 6) is -0.175. The van der Waals surface area contributed by atoms with Crippen LogP contribution in [0.2, 0.25) is 5.02 Å². The molecule has 1 aliphatic carbocycles. The molecule has 1 aliphatic heterocycles. The maximum atomic E-state index is 12.4. The maximum absolute atomic E-state index is 12.4. The Balaban J connectivity index is 1.45. The van der Waals surface area contributed by atoms with E-state index in [0.29, 0.717) is 24.5 Å². The van der Waals surface area contributed by atoms with Crippen LogP contribution in [0.4, 0.5) is 0 Å². The van der Waals surface area contributed by atoms with E-state index in [-0.39, 0.29) is 17.7 Å². The van der Waals surface area contributed by atoms with E-state index in [9.17, 15) is 9.59 Å². The Morgan fingerprint density at radius 1 is 1.24 bits per heavy atom. The number of amides is 2. The predicted octanol–water partition coefficient (Wildman–Crippen LogP) is 3.70. The van der Waals surface area contributed by atoms with Crippen LogP contribution in [0.15, 0.2) is 35.9 Å². The summed E-state index contributed by atoms with van der Waals surface area (Å²) in [6, 6.07) is 7.41. The van der Waals surface area contributed by atoms with Crippen LogP contribution in [0.3, 0.4) is 0 Å². The van der Waals surface area contributed by atoms with Gasteiger partial charge in [0.25, 0.3) is 0 Å². The highest BCUT2D eigenvalue weighted by Gasteiger charge is 2.33. The van der Waals surface area contributed by atoms with E-state index in [1.54, 1.807) is 0 Å². The van der Waals surface area contributed by atoms with Gasteiger partial charge in [-0.1, -0.05) is 35.4 Å². The molecule has 4 nitrogen and oxygen atoms in total. The van der Waals surface area contributed by atoms with E-state index in [0.717, 1.165) is 24.9 Å². The van der Waals surface area contributed by atoms with Gasteiger partial charge in [-0.2, -0.15) is 0 Å². The zero-order chi connectivity index (χ0) is 17.6. The van der Waals surface area contributed by atoms with Crippen molar-refractivity contribution >= 4 is 23.4 Å². The average Bonchev–Trinajstić information content (AvgIpc) is 3.01. The quantitative estimate of drug-likeness (QED) is 0.786. The number of hydrogen-bond acceptors (Lipinski definition) is 2. The van der Waals surface area contributed by atoms with Gasteiger partial charge in [0.05, 0.1) is 5.92 Å². The summed E-state index contributed by atoms with van der Waals surface area (Å²) in [5, 5.41) is 3.62. The zero-order valence-electron chi connectivity index (χ0n) is 14.5. The molecule has 3 rings (SSSR count). The number of benzene rings is 1. The molecule has 1 N–H and O–H groups in total. The molecule has 1 fully saturated rings. The molecule has 5 heteroatoms. The standard InChI is InChI=1S/C20H25ClN2O2/c21-18-8-6-16(7-9-18)13-22-20(25)17-12-19(24)23(14-17)11-10-15-4-2-1-3-5-15/h4,6-9,17H,1-3,5,10-14H2,(H,22,25). The van der Waals surface area contributed by atoms with Gasteiger partial charge >= 0.3 is 0 Å². The van der Waals surface area contributed by atoms with Gasteiger partial charge < -0.3 is 10.2 Å². The minimum Gasteiger partial charge on any atom is -0.352 e. The number of nitrogens with zero attached hydrogens (tertiary/aromatic N) is 1. The second-order valence-electron chi connectivity index (χ2n) is 6.94. The average molecular weight is 361 g/mol. The maximum Gasteiger partial charge on any atom is 0.225 e. The first kappa shape index (κ1) is 18.0. The highest BCUT2D eigenvalue weighted by atomic mass is 35.5. The molecule has 1 aromatic carbocycles. The second kappa shape index (κ2) is 8.52. The number of likely N-dealkylation sites (tertiary alicyclic amines) is 1. The van der Waals surface area contributed by atoms with Gasteiger partial charge in [0, 0.05) is 31.1 Å². The first-order valence-electron chi connectivity index (χ1n) is 9.09. The Bertz CT molecular complexity index is 654. The van der Waals surface area contributed by atoms with Crippen molar-refractivity contribution in [3.63, 3.8) is 0 Å². The summed E-state index contributed by atoms with van der Waals surface area (Å²) in [6.07, 6.45) is 8.46. The van der Waals surface area contributed by atoms with Crippen molar-refractivity contribution in [2.45, 2.75) is 45.1 Å². The lowest BCUT2D eigenvalue weighted by Gasteiger charge is -2.19. The third-order valence-electron chi connectivity index (χ3n) is 5.05. The van der Waals surface area contributed by atoms with Gasteiger partial charge in [0.15, 0.2) is 0 Å². The normalized spacial score (nSPS) is 20.5. The van der Waals surface area contributed by atoms with E-state index >= 15 is 0 Å². The predicted molar refractivity (Wildman–Crippen MR) is 99.2 cm³/mol. The van der Waals surface area contributed by atoms with Crippen LogP contribution >= 0.6 is 11.6 Å². The molecule has 1 aromatic rings. The minimum absolute atomic E-state index is 0.0392. The molecule has 1 unspecified atom stereocenters. The summed E-state index contributed by atoms with van der Waals surface area (Å²) in [4.78, 5) is 26.4. The van der Waals surface area contributed by atoms with Crippen LogP contribution in [0.25, 0.3) is 0 Å². The van der Waals surface area contributed by atoms with Gasteiger partial charge in [0.2, 0.25) is 11.8 Å². The number of halogens is 1. The number of hydrogen-bond donors (Lipinski definition) is 1. The van der Waals surface area contributed by atoms with Crippen molar-refractivity contribution < 1.29 is 9.59 Å². The third kappa shape index (κ3) is 5.08. The van der Waals surface area contributed by atoms with E-state index in [2.05, 4.69) is 11.4 Å². The molecule has 0 radical (unpaired) electrons. The van der Waals surface area contributed by atoms with Crippen LogP contribution < -0.4 is 5.32 Å². The number of rotatable bonds is 6. The van der Waals surface area contributed by atoms with Crippen molar-refractivity contribution in [3.8, 4) is 0 Å². The van der Waals surface area contributed by atoms with Gasteiger partial charge in [-0.3, -0.25) is 9.59 Å². The summed E-state index contributed by atoms with van der Waals surface area (Å²) >= 11 is 5.86. The monoisotopic (exact) mass is 360 g/mol. The second-order valence-corrected chi connectivity index (χ2v) is 7.38. The van der Waals surface area contributed by atoms with Gasteiger partial charge in [-0.05, 0) is 49.8 Å². The molecule has 25 heavy (non-hydrogen) atoms. The molecule has 0 aromatic heterocycles. The van der Waals surface area contributed by atoms with Gasteiger partial charge in [-0.15, -0.1) is 0 Å². The third-order valence-corrected chi connectivity index (χ3v) is 5.31. The molecular formula is C20H25ClN2O2. The van der Waals surface area contributed by atoms with E-state index in [1.807, 2.05) is 29.2 Å². The van der Waals surface area contributed by atoms with Crippen LogP contribution in [0.5, 0.6) is 0 Å². The molecule has 2 aliphatic rings. The highest BCUT2D eigenvalue weighted by molar-refractivity contribution is 6.30. The van der Waals surface area contributed by atoms with Gasteiger partial charge in [0.1, 0.15) is 0 Å². The van der Waals surface area contributed by atoms with Crippen LogP contribution in [-0.4, -0.2) is 29.8 Å². The molecule has 2 amide bonds. The Morgan fingerprint density at radius 2 is 2.04 bits per heavy atom. The van der Waals surface area contributed by atoms with Crippen LogP contribution in [-0.2, 0) is 16.1 Å². The Hall–Kier alpha value is -1.81. The van der Waals surface area contributed by atoms with E-state index < -0.39 is 0 Å². The topological polar surface area (TPSA) is 49.4 Å². The fourth-order valence-corrected chi connectivity index (χ4v) is 3.64. The number of nitrogens with one attached hydrogen (secondary N) is 1. The highest BCUT2D eigenvalue weighted by Crippen LogP contribution is 2.23. The number of carbonyl (C=O) groups excluding carboxylic acids is 2. The van der Waals surface area contributed by atoms with Crippen molar-refractivity contribution in [1.29, 1.82) is 0 Å². The fraction of sp³-hybridized carbons (Fsp3) is 0.500. The zero-order valence-corrected chi connectivity index (χ0v) is 15.2. The Kier molecular flexibility index (Phi) is 6.14. The van der Waals surface area contributed by atoms with Crippen molar-refractivity contribution in [1.82, 2.24) is 10.2 Å². The summed E-state index contributed by atoms with van der Waals surface area (Å²) < 4.78 is 0. The summed E-state index contributed by atoms with van der Waals surface area (Å²) in [5.41, 5.74) is 2.47. The summed E-state index contributed by atoms with van der Waals surface area (Å²) in [6.45, 7) is 1.75. The first-order valence-corrected chi connectivity index (χ1v) is 9.47. The van der Waals surface area contributed by atoms with Crippen LogP contribution in [0, 0.1) is 5.92 Å². The Labute approximate surface area is 154 Å². The molecule has 0 saturated carbocycles. The molecule has 0 spiro atoms. The number of allylic oxidation sites excluding steroid dienone is 1. The smallest absolute Gasteiger partial charge is 0.225 e. The molecular weight excluding hydrogens is 336 g/mol. The number of carbonyl (C=O) groups is 2. The van der Waals surface area contributed by atoms with Crippen molar-refractivity contribution in [2.75, 3.05) is 13.1 Å². The molecule has 1 atom stereocenters. The van der Waals surface area contributed by atoms with E-state index in [4.69, 9.17) is 11.6 Å². The lowest BCUT2D eigenvalue weighted by atomic mass is 9.97. The first-order chi connectivity index (χ1) is 12.1. The molecule has 134 valence electrons. The summed E-state index contributed by atoms with van der Waals surface area (Å²) in [7, 11) is 0. The molecule has 0 bridgehead atoms.